The van der Waals surface area contributed by atoms with Gasteiger partial charge in [-0.2, -0.15) is 17.7 Å². The van der Waals surface area contributed by atoms with Crippen LogP contribution in [0.15, 0.2) is 65.1 Å². The molecule has 0 radical (unpaired) electrons. The molecule has 2 aromatic heterocycles. The predicted molar refractivity (Wildman–Crippen MR) is 106 cm³/mol. The van der Waals surface area contributed by atoms with Crippen LogP contribution < -0.4 is 28.5 Å². The molecule has 2 aromatic carbocycles. The number of furan rings is 1. The molecule has 4 rings (SSSR count). The fraction of sp³-hybridized carbons (Fsp3) is 0.136. The summed E-state index contributed by atoms with van der Waals surface area (Å²) in [6, 6.07) is 16.8. The average Bonchev–Trinajstić information content (AvgIpc) is 3.30. The number of halogens is 4. The van der Waals surface area contributed by atoms with E-state index in [0.29, 0.717) is 17.1 Å². The number of alkyl halides is 3. The highest BCUT2D eigenvalue weighted by molar-refractivity contribution is 7.18. The van der Waals surface area contributed by atoms with Gasteiger partial charge in [0.1, 0.15) is 22.8 Å². The number of thiazole rings is 1. The molecule has 2 nitrogen and oxygen atoms in total. The minimum Gasteiger partial charge on any atom is -1.00 e. The second kappa shape index (κ2) is 8.71. The largest absolute Gasteiger partial charge is 1.00 e. The molecule has 29 heavy (non-hydrogen) atoms. The van der Waals surface area contributed by atoms with E-state index in [1.54, 1.807) is 29.5 Å². The maximum atomic E-state index is 12.9. The van der Waals surface area contributed by atoms with E-state index in [9.17, 15) is 13.2 Å². The van der Waals surface area contributed by atoms with Crippen molar-refractivity contribution in [3.05, 3.63) is 77.0 Å². The summed E-state index contributed by atoms with van der Waals surface area (Å²) in [4.78, 5) is 0. The molecule has 0 spiro atoms. The molecule has 0 N–H and O–H groups in total. The SMILES string of the molecule is CC[n+]1c(/C=C/c2ccc(-c3cccc(C(F)(F)F)c3)o2)sc2ccccc21.[I-]. The van der Waals surface area contributed by atoms with Crippen molar-refractivity contribution in [2.45, 2.75) is 19.6 Å². The summed E-state index contributed by atoms with van der Waals surface area (Å²) in [6.45, 7) is 2.94. The molecule has 0 unspecified atom stereocenters. The Morgan fingerprint density at radius 3 is 2.55 bits per heavy atom. The Kier molecular flexibility index (Phi) is 6.48. The Labute approximate surface area is 187 Å². The maximum Gasteiger partial charge on any atom is 0.416 e. The lowest BCUT2D eigenvalue weighted by atomic mass is 10.1. The van der Waals surface area contributed by atoms with Crippen LogP contribution >= 0.6 is 11.3 Å². The fourth-order valence-corrected chi connectivity index (χ4v) is 4.23. The second-order valence-corrected chi connectivity index (χ2v) is 7.33. The van der Waals surface area contributed by atoms with Crippen LogP contribution in [-0.4, -0.2) is 0 Å². The Morgan fingerprint density at radius 1 is 1.00 bits per heavy atom. The highest BCUT2D eigenvalue weighted by atomic mass is 127. The zero-order valence-electron chi connectivity index (χ0n) is 15.4. The topological polar surface area (TPSA) is 17.0 Å². The highest BCUT2D eigenvalue weighted by Crippen LogP contribution is 2.33. The molecule has 0 aliphatic carbocycles. The van der Waals surface area contributed by atoms with Crippen molar-refractivity contribution in [3.8, 4) is 11.3 Å². The number of benzene rings is 2. The monoisotopic (exact) mass is 527 g/mol. The normalized spacial score (nSPS) is 11.9. The number of para-hydroxylation sites is 1. The summed E-state index contributed by atoms with van der Waals surface area (Å²) in [5, 5.41) is 1.08. The zero-order chi connectivity index (χ0) is 19.7. The van der Waals surface area contributed by atoms with Crippen LogP contribution in [0.25, 0.3) is 33.7 Å². The average molecular weight is 527 g/mol. The Bertz CT molecular complexity index is 1160. The van der Waals surface area contributed by atoms with E-state index in [2.05, 4.69) is 23.6 Å². The third kappa shape index (κ3) is 4.56. The minimum atomic E-state index is -4.37. The zero-order valence-corrected chi connectivity index (χ0v) is 18.4. The van der Waals surface area contributed by atoms with Crippen molar-refractivity contribution >= 4 is 33.7 Å². The van der Waals surface area contributed by atoms with Crippen LogP contribution in [0.4, 0.5) is 13.2 Å². The van der Waals surface area contributed by atoms with Crippen molar-refractivity contribution < 1.29 is 46.1 Å². The Balaban J connectivity index is 0.00000240. The van der Waals surface area contributed by atoms with E-state index < -0.39 is 11.7 Å². The van der Waals surface area contributed by atoms with Gasteiger partial charge in [-0.25, -0.2) is 0 Å². The van der Waals surface area contributed by atoms with Gasteiger partial charge in [0, 0.05) is 17.7 Å². The lowest BCUT2D eigenvalue weighted by Crippen LogP contribution is -3.00. The van der Waals surface area contributed by atoms with Gasteiger partial charge in [0.2, 0.25) is 5.52 Å². The molecule has 0 aliphatic rings. The molecular formula is C22H17F3INOS. The molecule has 0 fully saturated rings. The number of aryl methyl sites for hydroxylation is 1. The first-order valence-electron chi connectivity index (χ1n) is 8.82. The summed E-state index contributed by atoms with van der Waals surface area (Å²) in [5.74, 6) is 0.998. The second-order valence-electron chi connectivity index (χ2n) is 6.27. The molecule has 7 heteroatoms. The molecule has 0 bridgehead atoms. The molecule has 4 aromatic rings. The number of hydrogen-bond donors (Lipinski definition) is 0. The fourth-order valence-electron chi connectivity index (χ4n) is 3.10. The predicted octanol–water partition coefficient (Wildman–Crippen LogP) is 3.66. The number of fused-ring (bicyclic) bond motifs is 1. The molecule has 150 valence electrons. The van der Waals surface area contributed by atoms with Crippen molar-refractivity contribution in [2.24, 2.45) is 0 Å². The first kappa shape index (κ1) is 21.6. The summed E-state index contributed by atoms with van der Waals surface area (Å²) >= 11 is 1.69. The van der Waals surface area contributed by atoms with Crippen molar-refractivity contribution in [1.29, 1.82) is 0 Å². The van der Waals surface area contributed by atoms with Gasteiger partial charge in [-0.3, -0.25) is 0 Å². The molecule has 2 heterocycles. The van der Waals surface area contributed by atoms with Gasteiger partial charge in [-0.1, -0.05) is 35.6 Å². The van der Waals surface area contributed by atoms with Gasteiger partial charge in [-0.05, 0) is 43.3 Å². The molecular weight excluding hydrogens is 510 g/mol. The van der Waals surface area contributed by atoms with Gasteiger partial charge in [0.15, 0.2) is 0 Å². The van der Waals surface area contributed by atoms with E-state index in [-0.39, 0.29) is 24.0 Å². The number of nitrogens with zero attached hydrogens (tertiary/aromatic N) is 1. The number of hydrogen-bond acceptors (Lipinski definition) is 2. The van der Waals surface area contributed by atoms with Gasteiger partial charge in [0.05, 0.1) is 5.56 Å². The van der Waals surface area contributed by atoms with Gasteiger partial charge in [-0.15, -0.1) is 0 Å². The lowest BCUT2D eigenvalue weighted by molar-refractivity contribution is -0.665. The van der Waals surface area contributed by atoms with Crippen molar-refractivity contribution in [3.63, 3.8) is 0 Å². The van der Waals surface area contributed by atoms with Crippen LogP contribution in [0, 0.1) is 0 Å². The van der Waals surface area contributed by atoms with Crippen LogP contribution in [0.1, 0.15) is 23.3 Å². The Morgan fingerprint density at radius 2 is 1.79 bits per heavy atom. The van der Waals surface area contributed by atoms with E-state index >= 15 is 0 Å². The van der Waals surface area contributed by atoms with Crippen molar-refractivity contribution in [2.75, 3.05) is 0 Å². The van der Waals surface area contributed by atoms with E-state index in [1.807, 2.05) is 24.3 Å². The quantitative estimate of drug-likeness (QED) is 0.293. The third-order valence-corrected chi connectivity index (χ3v) is 5.57. The summed E-state index contributed by atoms with van der Waals surface area (Å²) in [7, 11) is 0. The summed E-state index contributed by atoms with van der Waals surface area (Å²) < 4.78 is 47.9. The molecule has 0 amide bonds. The first-order chi connectivity index (χ1) is 13.5. The van der Waals surface area contributed by atoms with Crippen molar-refractivity contribution in [1.82, 2.24) is 0 Å². The minimum absolute atomic E-state index is 0. The Hall–Kier alpha value is -2.13. The summed E-state index contributed by atoms with van der Waals surface area (Å²) in [6.07, 6.45) is -0.558. The third-order valence-electron chi connectivity index (χ3n) is 4.44. The van der Waals surface area contributed by atoms with Crippen LogP contribution in [0.3, 0.4) is 0 Å². The molecule has 0 saturated carbocycles. The summed E-state index contributed by atoms with van der Waals surface area (Å²) in [5.41, 5.74) is 0.895. The van der Waals surface area contributed by atoms with Crippen LogP contribution in [-0.2, 0) is 12.7 Å². The number of aromatic nitrogens is 1. The maximum absolute atomic E-state index is 12.9. The molecule has 0 aliphatic heterocycles. The molecule has 0 saturated heterocycles. The number of rotatable bonds is 4. The van der Waals surface area contributed by atoms with Gasteiger partial charge in [0.25, 0.3) is 5.01 Å². The molecule has 0 atom stereocenters. The highest BCUT2D eigenvalue weighted by Gasteiger charge is 2.30. The van der Waals surface area contributed by atoms with Crippen LogP contribution in [0.2, 0.25) is 0 Å². The lowest BCUT2D eigenvalue weighted by Gasteiger charge is -2.07. The van der Waals surface area contributed by atoms with Gasteiger partial charge >= 0.3 is 6.18 Å². The van der Waals surface area contributed by atoms with E-state index in [1.165, 1.54) is 16.3 Å². The smallest absolute Gasteiger partial charge is 0.416 e. The van der Waals surface area contributed by atoms with Gasteiger partial charge < -0.3 is 28.4 Å². The standard InChI is InChI=1S/C22H17F3NOS.HI/c1-2-26-18-8-3-4-9-20(18)28-21(26)13-11-17-10-12-19(27-17)15-6-5-7-16(14-15)22(23,24)25;/h3-14H,2H2,1H3;1H/q+1;/p-1/b13-11+;. The first-order valence-corrected chi connectivity index (χ1v) is 9.64. The van der Waals surface area contributed by atoms with E-state index in [4.69, 9.17) is 4.42 Å². The van der Waals surface area contributed by atoms with E-state index in [0.717, 1.165) is 23.7 Å². The van der Waals surface area contributed by atoms with Crippen LogP contribution in [0.5, 0.6) is 0 Å².